The minimum atomic E-state index is -1.07. The molecule has 1 aromatic rings. The molecule has 8 heteroatoms. The van der Waals surface area contributed by atoms with E-state index in [-0.39, 0.29) is 18.8 Å². The van der Waals surface area contributed by atoms with Gasteiger partial charge in [-0.1, -0.05) is 0 Å². The Kier molecular flexibility index (Phi) is 4.23. The third-order valence-corrected chi connectivity index (χ3v) is 4.90. The average Bonchev–Trinajstić information content (AvgIpc) is 3.30. The number of carbonyl (C=O) groups is 1. The molecule has 4 unspecified atom stereocenters. The van der Waals surface area contributed by atoms with E-state index in [1.807, 2.05) is 0 Å². The minimum Gasteiger partial charge on any atom is -0.466 e. The Hall–Kier alpha value is -1.61. The van der Waals surface area contributed by atoms with Crippen LogP contribution >= 0.6 is 0 Å². The summed E-state index contributed by atoms with van der Waals surface area (Å²) in [5.74, 6) is -2.82. The van der Waals surface area contributed by atoms with Crippen LogP contribution in [0.4, 0.5) is 8.78 Å². The Labute approximate surface area is 142 Å². The predicted molar refractivity (Wildman–Crippen MR) is 78.2 cm³/mol. The van der Waals surface area contributed by atoms with Gasteiger partial charge in [-0.3, -0.25) is 4.79 Å². The lowest BCUT2D eigenvalue weighted by atomic mass is 9.99. The highest BCUT2D eigenvalue weighted by molar-refractivity contribution is 5.77. The fraction of sp³-hybridized carbons (Fsp3) is 0.588. The van der Waals surface area contributed by atoms with E-state index in [2.05, 4.69) is 0 Å². The van der Waals surface area contributed by atoms with Crippen LogP contribution in [0.25, 0.3) is 0 Å². The van der Waals surface area contributed by atoms with Gasteiger partial charge in [-0.25, -0.2) is 8.78 Å². The van der Waals surface area contributed by atoms with Crippen LogP contribution < -0.4 is 0 Å². The fourth-order valence-corrected chi connectivity index (χ4v) is 3.66. The zero-order valence-electron chi connectivity index (χ0n) is 13.4. The highest BCUT2D eigenvalue weighted by Crippen LogP contribution is 2.52. The number of fused-ring (bicyclic) bond motifs is 2. The number of benzene rings is 1. The van der Waals surface area contributed by atoms with Crippen LogP contribution in [0.5, 0.6) is 0 Å². The van der Waals surface area contributed by atoms with Crippen molar-refractivity contribution in [2.24, 2.45) is 11.8 Å². The summed E-state index contributed by atoms with van der Waals surface area (Å²) in [5.41, 5.74) is 0.0481. The van der Waals surface area contributed by atoms with Crippen molar-refractivity contribution in [2.45, 2.75) is 37.6 Å². The smallest absolute Gasteiger partial charge is 0.312 e. The molecule has 1 aliphatic carbocycles. The number of carbonyl (C=O) groups excluding carboxylic acids is 1. The quantitative estimate of drug-likeness (QED) is 0.824. The van der Waals surface area contributed by atoms with Crippen molar-refractivity contribution in [1.82, 2.24) is 0 Å². The second-order valence-electron chi connectivity index (χ2n) is 6.42. The maximum absolute atomic E-state index is 13.9. The van der Waals surface area contributed by atoms with E-state index in [9.17, 15) is 18.7 Å². The largest absolute Gasteiger partial charge is 0.466 e. The lowest BCUT2D eigenvalue weighted by molar-refractivity contribution is -0.301. The van der Waals surface area contributed by atoms with Crippen molar-refractivity contribution in [3.8, 4) is 0 Å². The standard InChI is InChI=1S/C17H18F2O6/c1-2-22-16(21)12-11-13(20)14-10(24-15(11)12)6-23-17(25-14)8-4-3-7(18)5-9(8)19/h3-5,10-15,17,20H,2,6H2,1H3/t10-,11?,12?,13-,14-,15?,17?/m1/s1. The molecule has 1 N–H and O–H groups in total. The summed E-state index contributed by atoms with van der Waals surface area (Å²) in [6.45, 7) is 2.03. The molecule has 7 atom stereocenters. The van der Waals surface area contributed by atoms with Crippen LogP contribution in [-0.2, 0) is 23.7 Å². The number of ether oxygens (including phenoxy) is 4. The first kappa shape index (κ1) is 16.8. The summed E-state index contributed by atoms with van der Waals surface area (Å²) >= 11 is 0. The topological polar surface area (TPSA) is 74.2 Å². The summed E-state index contributed by atoms with van der Waals surface area (Å²) in [7, 11) is 0. The molecule has 6 nitrogen and oxygen atoms in total. The Bertz CT molecular complexity index is 683. The van der Waals surface area contributed by atoms with Crippen molar-refractivity contribution in [3.05, 3.63) is 35.4 Å². The molecule has 0 radical (unpaired) electrons. The van der Waals surface area contributed by atoms with Gasteiger partial charge in [0.25, 0.3) is 0 Å². The molecule has 2 heterocycles. The van der Waals surface area contributed by atoms with Crippen molar-refractivity contribution in [1.29, 1.82) is 0 Å². The Balaban J connectivity index is 1.49. The van der Waals surface area contributed by atoms with E-state index in [1.54, 1.807) is 6.92 Å². The molecule has 25 heavy (non-hydrogen) atoms. The molecule has 0 bridgehead atoms. The van der Waals surface area contributed by atoms with Crippen molar-refractivity contribution in [2.75, 3.05) is 13.2 Å². The normalized spacial score (nSPS) is 39.3. The van der Waals surface area contributed by atoms with E-state index in [0.29, 0.717) is 0 Å². The van der Waals surface area contributed by atoms with E-state index in [0.717, 1.165) is 12.1 Å². The summed E-state index contributed by atoms with van der Waals surface area (Å²) in [6, 6.07) is 3.10. The molecule has 0 amide bonds. The summed E-state index contributed by atoms with van der Waals surface area (Å²) < 4.78 is 48.9. The van der Waals surface area contributed by atoms with Gasteiger partial charge in [0.15, 0.2) is 6.29 Å². The third-order valence-electron chi connectivity index (χ3n) is 4.90. The highest BCUT2D eigenvalue weighted by atomic mass is 19.1. The molecule has 136 valence electrons. The first-order valence-corrected chi connectivity index (χ1v) is 8.23. The number of hydrogen-bond acceptors (Lipinski definition) is 6. The van der Waals surface area contributed by atoms with Gasteiger partial charge in [-0.15, -0.1) is 0 Å². The summed E-state index contributed by atoms with van der Waals surface area (Å²) in [5, 5.41) is 10.6. The van der Waals surface area contributed by atoms with Crippen LogP contribution in [0.15, 0.2) is 18.2 Å². The van der Waals surface area contributed by atoms with Crippen molar-refractivity contribution >= 4 is 5.97 Å². The number of esters is 1. The molecule has 1 aromatic carbocycles. The van der Waals surface area contributed by atoms with Crippen molar-refractivity contribution < 1.29 is 37.6 Å². The molecule has 0 aromatic heterocycles. The third kappa shape index (κ3) is 2.83. The van der Waals surface area contributed by atoms with Crippen LogP contribution in [0, 0.1) is 23.5 Å². The second-order valence-corrected chi connectivity index (χ2v) is 6.42. The Morgan fingerprint density at radius 2 is 2.12 bits per heavy atom. The average molecular weight is 356 g/mol. The molecule has 1 saturated carbocycles. The van der Waals surface area contributed by atoms with Gasteiger partial charge in [0.2, 0.25) is 0 Å². The second kappa shape index (κ2) is 6.28. The van der Waals surface area contributed by atoms with E-state index in [4.69, 9.17) is 18.9 Å². The minimum absolute atomic E-state index is 0.0481. The zero-order valence-corrected chi connectivity index (χ0v) is 13.4. The number of aliphatic hydroxyl groups is 1. The van der Waals surface area contributed by atoms with Gasteiger partial charge < -0.3 is 24.1 Å². The zero-order chi connectivity index (χ0) is 17.7. The van der Waals surface area contributed by atoms with Crippen LogP contribution in [0.1, 0.15) is 18.8 Å². The van der Waals surface area contributed by atoms with Crippen LogP contribution in [0.3, 0.4) is 0 Å². The van der Waals surface area contributed by atoms with Gasteiger partial charge in [0.05, 0.1) is 31.3 Å². The number of halogens is 2. The van der Waals surface area contributed by atoms with Gasteiger partial charge >= 0.3 is 5.97 Å². The number of rotatable bonds is 3. The summed E-state index contributed by atoms with van der Waals surface area (Å²) in [6.07, 6.45) is -3.76. The predicted octanol–water partition coefficient (Wildman–Crippen LogP) is 1.32. The summed E-state index contributed by atoms with van der Waals surface area (Å²) in [4.78, 5) is 11.9. The first-order chi connectivity index (χ1) is 12.0. The van der Waals surface area contributed by atoms with Gasteiger partial charge in [-0.2, -0.15) is 0 Å². The lowest BCUT2D eigenvalue weighted by Crippen LogP contribution is -2.53. The molecule has 2 aliphatic heterocycles. The first-order valence-electron chi connectivity index (χ1n) is 8.23. The molecule has 3 fully saturated rings. The highest BCUT2D eigenvalue weighted by Gasteiger charge is 2.67. The maximum Gasteiger partial charge on any atom is 0.312 e. The Morgan fingerprint density at radius 3 is 2.84 bits per heavy atom. The lowest BCUT2D eigenvalue weighted by Gasteiger charge is -2.41. The van der Waals surface area contributed by atoms with Gasteiger partial charge in [0, 0.05) is 17.5 Å². The van der Waals surface area contributed by atoms with E-state index in [1.165, 1.54) is 6.07 Å². The fourth-order valence-electron chi connectivity index (χ4n) is 3.66. The molecule has 2 saturated heterocycles. The number of aliphatic hydroxyl groups excluding tert-OH is 1. The van der Waals surface area contributed by atoms with Crippen LogP contribution in [0.2, 0.25) is 0 Å². The van der Waals surface area contributed by atoms with E-state index >= 15 is 0 Å². The molecular formula is C17H18F2O6. The van der Waals surface area contributed by atoms with E-state index < -0.39 is 60.1 Å². The molecule has 0 spiro atoms. The number of hydrogen-bond donors (Lipinski definition) is 1. The van der Waals surface area contributed by atoms with Gasteiger partial charge in [0.1, 0.15) is 23.8 Å². The Morgan fingerprint density at radius 1 is 1.32 bits per heavy atom. The SMILES string of the molecule is CCOC(=O)C1C2O[C@@H]3COC(c4ccc(F)cc4F)O[C@H]3[C@H](O)C21. The van der Waals surface area contributed by atoms with Crippen molar-refractivity contribution in [3.63, 3.8) is 0 Å². The van der Waals surface area contributed by atoms with Crippen LogP contribution in [-0.4, -0.2) is 48.7 Å². The molecule has 3 aliphatic rings. The molecule has 4 rings (SSSR count). The maximum atomic E-state index is 13.9. The molecular weight excluding hydrogens is 338 g/mol. The van der Waals surface area contributed by atoms with Gasteiger partial charge in [-0.05, 0) is 19.1 Å². The monoisotopic (exact) mass is 356 g/mol.